The Kier molecular flexibility index (Phi) is 7.73. The molecule has 1 saturated heterocycles. The number of amides is 1. The van der Waals surface area contributed by atoms with Gasteiger partial charge >= 0.3 is 0 Å². The van der Waals surface area contributed by atoms with Crippen LogP contribution in [0.25, 0.3) is 0 Å². The molecule has 0 aromatic heterocycles. The minimum absolute atomic E-state index is 0.0375. The molecule has 0 aliphatic carbocycles. The van der Waals surface area contributed by atoms with Gasteiger partial charge in [0.25, 0.3) is 0 Å². The third kappa shape index (κ3) is 5.99. The molecule has 0 unspecified atom stereocenters. The number of anilines is 2. The van der Waals surface area contributed by atoms with Crippen LogP contribution in [0.15, 0.2) is 48.5 Å². The first-order valence-electron chi connectivity index (χ1n) is 10.2. The minimum Gasteiger partial charge on any atom is -0.496 e. The first-order chi connectivity index (χ1) is 13.8. The van der Waals surface area contributed by atoms with Gasteiger partial charge in [0, 0.05) is 37.4 Å². The lowest BCUT2D eigenvalue weighted by atomic mass is 10.1. The van der Waals surface area contributed by atoms with Crippen molar-refractivity contribution in [2.75, 3.05) is 43.5 Å². The van der Waals surface area contributed by atoms with E-state index in [0.717, 1.165) is 37.5 Å². The van der Waals surface area contributed by atoms with Crippen LogP contribution in [-0.4, -0.2) is 39.2 Å². The van der Waals surface area contributed by atoms with Crippen LogP contribution in [0.3, 0.4) is 0 Å². The number of benzene rings is 2. The molecule has 3 rings (SSSR count). The van der Waals surface area contributed by atoms with Gasteiger partial charge in [-0.25, -0.2) is 0 Å². The highest BCUT2D eigenvalue weighted by molar-refractivity contribution is 5.91. The van der Waals surface area contributed by atoms with Crippen molar-refractivity contribution in [3.05, 3.63) is 54.1 Å². The SMILES string of the molecule is COc1ccccc1CCNCCC(=O)Nc1ccc(N2CCCCC2)cc1. The smallest absolute Gasteiger partial charge is 0.225 e. The second-order valence-corrected chi connectivity index (χ2v) is 7.20. The van der Waals surface area contributed by atoms with Crippen LogP contribution in [0.2, 0.25) is 0 Å². The van der Waals surface area contributed by atoms with E-state index in [1.54, 1.807) is 7.11 Å². The largest absolute Gasteiger partial charge is 0.496 e. The number of carbonyl (C=O) groups excluding carboxylic acids is 1. The summed E-state index contributed by atoms with van der Waals surface area (Å²) in [7, 11) is 1.69. The highest BCUT2D eigenvalue weighted by Gasteiger charge is 2.11. The number of rotatable bonds is 9. The first-order valence-corrected chi connectivity index (χ1v) is 10.2. The molecule has 0 saturated carbocycles. The summed E-state index contributed by atoms with van der Waals surface area (Å²) in [5.74, 6) is 0.950. The van der Waals surface area contributed by atoms with E-state index in [2.05, 4.69) is 33.7 Å². The van der Waals surface area contributed by atoms with Crippen LogP contribution >= 0.6 is 0 Å². The number of nitrogens with one attached hydrogen (secondary N) is 2. The minimum atomic E-state index is 0.0375. The molecule has 5 nitrogen and oxygen atoms in total. The number of carbonyl (C=O) groups is 1. The molecule has 150 valence electrons. The van der Waals surface area contributed by atoms with Crippen molar-refractivity contribution in [1.29, 1.82) is 0 Å². The summed E-state index contributed by atoms with van der Waals surface area (Å²) < 4.78 is 5.36. The van der Waals surface area contributed by atoms with E-state index in [-0.39, 0.29) is 5.91 Å². The fraction of sp³-hybridized carbons (Fsp3) is 0.435. The van der Waals surface area contributed by atoms with Crippen LogP contribution in [0.1, 0.15) is 31.2 Å². The molecule has 2 aromatic rings. The fourth-order valence-electron chi connectivity index (χ4n) is 3.59. The van der Waals surface area contributed by atoms with E-state index in [1.807, 2.05) is 30.3 Å². The molecule has 1 fully saturated rings. The summed E-state index contributed by atoms with van der Waals surface area (Å²) in [6.07, 6.45) is 5.20. The quantitative estimate of drug-likeness (QED) is 0.648. The number of piperidine rings is 1. The normalized spacial score (nSPS) is 14.0. The Bertz CT molecular complexity index is 740. The number of hydrogen-bond acceptors (Lipinski definition) is 4. The zero-order valence-electron chi connectivity index (χ0n) is 16.7. The van der Waals surface area contributed by atoms with Gasteiger partial charge in [0.1, 0.15) is 5.75 Å². The molecule has 1 heterocycles. The van der Waals surface area contributed by atoms with E-state index in [0.29, 0.717) is 13.0 Å². The molecule has 5 heteroatoms. The maximum absolute atomic E-state index is 12.2. The van der Waals surface area contributed by atoms with E-state index >= 15 is 0 Å². The molecule has 1 aliphatic heterocycles. The summed E-state index contributed by atoms with van der Waals surface area (Å²) in [4.78, 5) is 14.6. The lowest BCUT2D eigenvalue weighted by Crippen LogP contribution is -2.29. The van der Waals surface area contributed by atoms with E-state index in [9.17, 15) is 4.79 Å². The highest BCUT2D eigenvalue weighted by atomic mass is 16.5. The topological polar surface area (TPSA) is 53.6 Å². The second kappa shape index (κ2) is 10.7. The van der Waals surface area contributed by atoms with Crippen LogP contribution in [0.4, 0.5) is 11.4 Å². The Morgan fingerprint density at radius 1 is 1.00 bits per heavy atom. The summed E-state index contributed by atoms with van der Waals surface area (Å²) in [5.41, 5.74) is 3.28. The van der Waals surface area contributed by atoms with Crippen LogP contribution in [0, 0.1) is 0 Å². The molecular formula is C23H31N3O2. The monoisotopic (exact) mass is 381 g/mol. The molecule has 0 radical (unpaired) electrons. The fourth-order valence-corrected chi connectivity index (χ4v) is 3.59. The Labute approximate surface area is 168 Å². The average Bonchev–Trinajstić information content (AvgIpc) is 2.75. The maximum atomic E-state index is 12.2. The molecule has 0 bridgehead atoms. The molecule has 2 aromatic carbocycles. The van der Waals surface area contributed by atoms with Gasteiger partial charge in [-0.2, -0.15) is 0 Å². The number of hydrogen-bond donors (Lipinski definition) is 2. The van der Waals surface area contributed by atoms with Gasteiger partial charge in [-0.3, -0.25) is 4.79 Å². The summed E-state index contributed by atoms with van der Waals surface area (Å²) in [6, 6.07) is 16.2. The van der Waals surface area contributed by atoms with Gasteiger partial charge in [-0.05, 0) is 68.1 Å². The van der Waals surface area contributed by atoms with Gasteiger partial charge in [0.2, 0.25) is 5.91 Å². The van der Waals surface area contributed by atoms with E-state index in [1.165, 1.54) is 30.5 Å². The maximum Gasteiger partial charge on any atom is 0.225 e. The van der Waals surface area contributed by atoms with Gasteiger partial charge < -0.3 is 20.3 Å². The molecule has 0 atom stereocenters. The zero-order valence-corrected chi connectivity index (χ0v) is 16.7. The van der Waals surface area contributed by atoms with Crippen molar-refractivity contribution in [2.24, 2.45) is 0 Å². The predicted molar refractivity (Wildman–Crippen MR) is 115 cm³/mol. The standard InChI is InChI=1S/C23H31N3O2/c1-28-22-8-4-3-7-19(22)13-15-24-16-14-23(27)25-20-9-11-21(12-10-20)26-17-5-2-6-18-26/h3-4,7-12,24H,2,5-6,13-18H2,1H3,(H,25,27). The number of ether oxygens (including phenoxy) is 1. The average molecular weight is 382 g/mol. The van der Waals surface area contributed by atoms with Crippen LogP contribution < -0.4 is 20.3 Å². The lowest BCUT2D eigenvalue weighted by Gasteiger charge is -2.28. The molecule has 0 spiro atoms. The Hall–Kier alpha value is -2.53. The Morgan fingerprint density at radius 2 is 1.75 bits per heavy atom. The predicted octanol–water partition coefficient (Wildman–Crippen LogP) is 3.85. The third-order valence-electron chi connectivity index (χ3n) is 5.16. The summed E-state index contributed by atoms with van der Waals surface area (Å²) in [6.45, 7) is 3.74. The second-order valence-electron chi connectivity index (χ2n) is 7.20. The molecule has 2 N–H and O–H groups in total. The zero-order chi connectivity index (χ0) is 19.6. The highest BCUT2D eigenvalue weighted by Crippen LogP contribution is 2.22. The summed E-state index contributed by atoms with van der Waals surface area (Å²) in [5, 5.41) is 6.31. The van der Waals surface area contributed by atoms with Gasteiger partial charge in [0.15, 0.2) is 0 Å². The van der Waals surface area contributed by atoms with Crippen molar-refractivity contribution < 1.29 is 9.53 Å². The summed E-state index contributed by atoms with van der Waals surface area (Å²) >= 11 is 0. The Balaban J connectivity index is 1.35. The third-order valence-corrected chi connectivity index (χ3v) is 5.16. The van der Waals surface area contributed by atoms with Crippen molar-refractivity contribution in [3.63, 3.8) is 0 Å². The first kappa shape index (κ1) is 20.2. The van der Waals surface area contributed by atoms with Crippen molar-refractivity contribution in [3.8, 4) is 5.75 Å². The van der Waals surface area contributed by atoms with Gasteiger partial charge in [0.05, 0.1) is 7.11 Å². The van der Waals surface area contributed by atoms with Gasteiger partial charge in [-0.1, -0.05) is 18.2 Å². The van der Waals surface area contributed by atoms with Crippen LogP contribution in [-0.2, 0) is 11.2 Å². The molecule has 1 amide bonds. The molecular weight excluding hydrogens is 350 g/mol. The van der Waals surface area contributed by atoms with Crippen molar-refractivity contribution >= 4 is 17.3 Å². The van der Waals surface area contributed by atoms with Gasteiger partial charge in [-0.15, -0.1) is 0 Å². The van der Waals surface area contributed by atoms with Crippen LogP contribution in [0.5, 0.6) is 5.75 Å². The van der Waals surface area contributed by atoms with E-state index < -0.39 is 0 Å². The number of para-hydroxylation sites is 1. The number of nitrogens with zero attached hydrogens (tertiary/aromatic N) is 1. The van der Waals surface area contributed by atoms with E-state index in [4.69, 9.17) is 4.74 Å². The lowest BCUT2D eigenvalue weighted by molar-refractivity contribution is -0.116. The van der Waals surface area contributed by atoms with Crippen molar-refractivity contribution in [1.82, 2.24) is 5.32 Å². The Morgan fingerprint density at radius 3 is 2.50 bits per heavy atom. The van der Waals surface area contributed by atoms with Crippen molar-refractivity contribution in [2.45, 2.75) is 32.1 Å². The molecule has 28 heavy (non-hydrogen) atoms. The number of methoxy groups -OCH3 is 1. The molecule has 1 aliphatic rings.